The molecule has 0 radical (unpaired) electrons. The van der Waals surface area contributed by atoms with Crippen molar-refractivity contribution in [3.63, 3.8) is 0 Å². The molecule has 122 valence electrons. The normalized spacial score (nSPS) is 16.1. The average Bonchev–Trinajstić information content (AvgIpc) is 2.57. The standard InChI is InChI=1S/C19H19N3O2/c1-19(2)10-15-13(11-24-19)9-14-16(20-15)21-17(22(3)18(14)23)12-7-5-4-6-8-12/h4-9H,10-11H2,1-3H3. The lowest BCUT2D eigenvalue weighted by Gasteiger charge is -2.31. The summed E-state index contributed by atoms with van der Waals surface area (Å²) in [6.07, 6.45) is 0.718. The van der Waals surface area contributed by atoms with Crippen LogP contribution in [-0.2, 0) is 24.8 Å². The molecular weight excluding hydrogens is 302 g/mol. The van der Waals surface area contributed by atoms with E-state index < -0.39 is 0 Å². The predicted octanol–water partition coefficient (Wildman–Crippen LogP) is 2.85. The Bertz CT molecular complexity index is 991. The zero-order valence-electron chi connectivity index (χ0n) is 14.0. The summed E-state index contributed by atoms with van der Waals surface area (Å²) < 4.78 is 7.42. The zero-order valence-corrected chi connectivity index (χ0v) is 14.0. The highest BCUT2D eigenvalue weighted by Gasteiger charge is 2.28. The van der Waals surface area contributed by atoms with Gasteiger partial charge in [-0.1, -0.05) is 30.3 Å². The van der Waals surface area contributed by atoms with E-state index in [9.17, 15) is 4.79 Å². The van der Waals surface area contributed by atoms with Crippen LogP contribution in [0.4, 0.5) is 0 Å². The van der Waals surface area contributed by atoms with Gasteiger partial charge in [0.25, 0.3) is 5.56 Å². The third-order valence-electron chi connectivity index (χ3n) is 4.48. The third-order valence-corrected chi connectivity index (χ3v) is 4.48. The van der Waals surface area contributed by atoms with E-state index in [-0.39, 0.29) is 11.2 Å². The molecule has 0 unspecified atom stereocenters. The second kappa shape index (κ2) is 5.24. The van der Waals surface area contributed by atoms with Gasteiger partial charge in [0.2, 0.25) is 0 Å². The summed E-state index contributed by atoms with van der Waals surface area (Å²) in [7, 11) is 1.75. The van der Waals surface area contributed by atoms with Crippen LogP contribution in [-0.4, -0.2) is 20.1 Å². The van der Waals surface area contributed by atoms with Crippen molar-refractivity contribution in [3.8, 4) is 11.4 Å². The zero-order chi connectivity index (χ0) is 16.9. The van der Waals surface area contributed by atoms with Crippen molar-refractivity contribution in [3.05, 3.63) is 58.0 Å². The Morgan fingerprint density at radius 2 is 1.92 bits per heavy atom. The van der Waals surface area contributed by atoms with Crippen molar-refractivity contribution in [1.29, 1.82) is 0 Å². The van der Waals surface area contributed by atoms with E-state index in [2.05, 4.69) is 18.8 Å². The Labute approximate surface area is 139 Å². The third kappa shape index (κ3) is 2.41. The molecule has 24 heavy (non-hydrogen) atoms. The van der Waals surface area contributed by atoms with Crippen LogP contribution in [0.15, 0.2) is 41.2 Å². The maximum Gasteiger partial charge on any atom is 0.263 e. The van der Waals surface area contributed by atoms with Crippen LogP contribution in [0.3, 0.4) is 0 Å². The molecule has 3 aromatic rings. The summed E-state index contributed by atoms with van der Waals surface area (Å²) >= 11 is 0. The van der Waals surface area contributed by atoms with Gasteiger partial charge in [0.05, 0.1) is 23.3 Å². The largest absolute Gasteiger partial charge is 0.370 e. The number of benzene rings is 1. The Kier molecular flexibility index (Phi) is 3.28. The fraction of sp³-hybridized carbons (Fsp3) is 0.316. The number of pyridine rings is 1. The first-order valence-electron chi connectivity index (χ1n) is 8.03. The molecule has 0 aliphatic carbocycles. The molecule has 0 saturated carbocycles. The van der Waals surface area contributed by atoms with Crippen molar-refractivity contribution in [2.45, 2.75) is 32.5 Å². The molecule has 1 aliphatic rings. The van der Waals surface area contributed by atoms with Crippen LogP contribution in [0.25, 0.3) is 22.4 Å². The van der Waals surface area contributed by atoms with Gasteiger partial charge in [-0.2, -0.15) is 0 Å². The van der Waals surface area contributed by atoms with Crippen LogP contribution >= 0.6 is 0 Å². The Balaban J connectivity index is 1.96. The molecule has 4 rings (SSSR count). The van der Waals surface area contributed by atoms with E-state index in [4.69, 9.17) is 9.72 Å². The van der Waals surface area contributed by atoms with Crippen LogP contribution < -0.4 is 5.56 Å². The van der Waals surface area contributed by atoms with Crippen molar-refractivity contribution < 1.29 is 4.74 Å². The van der Waals surface area contributed by atoms with E-state index in [0.717, 1.165) is 23.2 Å². The van der Waals surface area contributed by atoms with Gasteiger partial charge in [-0.3, -0.25) is 9.36 Å². The van der Waals surface area contributed by atoms with Gasteiger partial charge in [-0.25, -0.2) is 9.97 Å². The Morgan fingerprint density at radius 1 is 1.17 bits per heavy atom. The molecule has 1 aromatic carbocycles. The molecule has 2 aromatic heterocycles. The highest BCUT2D eigenvalue weighted by atomic mass is 16.5. The second-order valence-electron chi connectivity index (χ2n) is 6.86. The topological polar surface area (TPSA) is 57.0 Å². The molecule has 1 aliphatic heterocycles. The van der Waals surface area contributed by atoms with Crippen molar-refractivity contribution in [2.75, 3.05) is 0 Å². The molecule has 5 heteroatoms. The molecule has 0 spiro atoms. The highest BCUT2D eigenvalue weighted by molar-refractivity contribution is 5.77. The van der Waals surface area contributed by atoms with Crippen molar-refractivity contribution in [1.82, 2.24) is 14.5 Å². The lowest BCUT2D eigenvalue weighted by Crippen LogP contribution is -2.33. The van der Waals surface area contributed by atoms with Crippen LogP contribution in [0.2, 0.25) is 0 Å². The molecule has 3 heterocycles. The Morgan fingerprint density at radius 3 is 2.67 bits per heavy atom. The number of nitrogens with zero attached hydrogens (tertiary/aromatic N) is 3. The summed E-state index contributed by atoms with van der Waals surface area (Å²) in [6, 6.07) is 11.6. The maximum atomic E-state index is 12.8. The summed E-state index contributed by atoms with van der Waals surface area (Å²) in [5, 5.41) is 0.541. The summed E-state index contributed by atoms with van der Waals surface area (Å²) in [6.45, 7) is 4.58. The van der Waals surface area contributed by atoms with Gasteiger partial charge in [-0.15, -0.1) is 0 Å². The van der Waals surface area contributed by atoms with Crippen LogP contribution in [0.5, 0.6) is 0 Å². The first kappa shape index (κ1) is 15.0. The lowest BCUT2D eigenvalue weighted by atomic mass is 9.95. The van der Waals surface area contributed by atoms with Gasteiger partial charge in [-0.05, 0) is 19.9 Å². The minimum atomic E-state index is -0.240. The molecule has 0 atom stereocenters. The fourth-order valence-corrected chi connectivity index (χ4v) is 3.13. The van der Waals surface area contributed by atoms with E-state index in [1.165, 1.54) is 0 Å². The van der Waals surface area contributed by atoms with Crippen molar-refractivity contribution in [2.24, 2.45) is 7.05 Å². The Hall–Kier alpha value is -2.53. The van der Waals surface area contributed by atoms with Crippen LogP contribution in [0.1, 0.15) is 25.1 Å². The quantitative estimate of drug-likeness (QED) is 0.691. The molecule has 0 fully saturated rings. The van der Waals surface area contributed by atoms with Crippen LogP contribution in [0, 0.1) is 0 Å². The highest BCUT2D eigenvalue weighted by Crippen LogP contribution is 2.28. The molecule has 0 N–H and O–H groups in total. The van der Waals surface area contributed by atoms with Crippen molar-refractivity contribution >= 4 is 11.0 Å². The van der Waals surface area contributed by atoms with Gasteiger partial charge >= 0.3 is 0 Å². The smallest absolute Gasteiger partial charge is 0.263 e. The summed E-state index contributed by atoms with van der Waals surface area (Å²) in [4.78, 5) is 22.1. The second-order valence-corrected chi connectivity index (χ2v) is 6.86. The number of aromatic nitrogens is 3. The molecule has 0 bridgehead atoms. The SMILES string of the molecule is Cn1c(-c2ccccc2)nc2nc3c(cc2c1=O)COC(C)(C)C3. The van der Waals surface area contributed by atoms with Gasteiger partial charge in [0, 0.05) is 24.6 Å². The first-order valence-corrected chi connectivity index (χ1v) is 8.03. The molecule has 5 nitrogen and oxygen atoms in total. The lowest BCUT2D eigenvalue weighted by molar-refractivity contribution is -0.0411. The number of hydrogen-bond acceptors (Lipinski definition) is 4. The first-order chi connectivity index (χ1) is 11.4. The number of fused-ring (bicyclic) bond motifs is 2. The van der Waals surface area contributed by atoms with Gasteiger partial charge < -0.3 is 4.74 Å². The number of rotatable bonds is 1. The van der Waals surface area contributed by atoms with E-state index in [1.54, 1.807) is 11.6 Å². The van der Waals surface area contributed by atoms with E-state index >= 15 is 0 Å². The molecule has 0 saturated heterocycles. The minimum Gasteiger partial charge on any atom is -0.370 e. The monoisotopic (exact) mass is 321 g/mol. The molecule has 0 amide bonds. The maximum absolute atomic E-state index is 12.8. The van der Waals surface area contributed by atoms with E-state index in [0.29, 0.717) is 23.5 Å². The average molecular weight is 321 g/mol. The summed E-state index contributed by atoms with van der Waals surface area (Å²) in [5.74, 6) is 0.631. The van der Waals surface area contributed by atoms with Gasteiger partial charge in [0.15, 0.2) is 5.65 Å². The minimum absolute atomic E-state index is 0.0843. The fourth-order valence-electron chi connectivity index (χ4n) is 3.13. The van der Waals surface area contributed by atoms with Gasteiger partial charge in [0.1, 0.15) is 5.82 Å². The summed E-state index contributed by atoms with van der Waals surface area (Å²) in [5.41, 5.74) is 3.04. The van der Waals surface area contributed by atoms with E-state index in [1.807, 2.05) is 36.4 Å². The number of hydrogen-bond donors (Lipinski definition) is 0. The predicted molar refractivity (Wildman–Crippen MR) is 92.8 cm³/mol. The number of ether oxygens (including phenoxy) is 1. The molecular formula is C19H19N3O2.